The summed E-state index contributed by atoms with van der Waals surface area (Å²) in [6.07, 6.45) is 3.84. The molecule has 0 spiro atoms. The molecule has 0 fully saturated rings. The first-order valence-corrected chi connectivity index (χ1v) is 13.6. The molecule has 1 aromatic heterocycles. The van der Waals surface area contributed by atoms with Gasteiger partial charge in [-0.05, 0) is 25.0 Å². The van der Waals surface area contributed by atoms with Crippen molar-refractivity contribution in [2.45, 2.75) is 13.8 Å². The van der Waals surface area contributed by atoms with Gasteiger partial charge in [0.05, 0.1) is 5.82 Å². The van der Waals surface area contributed by atoms with E-state index in [-0.39, 0.29) is 0 Å². The number of imidazole rings is 1. The molecule has 2 nitrogen and oxygen atoms in total. The van der Waals surface area contributed by atoms with Crippen molar-refractivity contribution in [1.29, 1.82) is 0 Å². The second-order valence-electron chi connectivity index (χ2n) is 4.64. The van der Waals surface area contributed by atoms with Crippen molar-refractivity contribution >= 4 is 13.6 Å². The summed E-state index contributed by atoms with van der Waals surface area (Å²) in [5, 5.41) is 0. The standard InChI is InChI=1S/C17H15N2.BrH.Zn/c1-13-7-6-8-14(2)16(13)19-12-11-18-17(19)15-9-4-3-5-10-15;;/h3-9,11-12H,1-2H3;1H;/q-1;;+2/p-1. The van der Waals surface area contributed by atoms with Gasteiger partial charge in [0.25, 0.3) is 0 Å². The van der Waals surface area contributed by atoms with Crippen LogP contribution < -0.4 is 0 Å². The summed E-state index contributed by atoms with van der Waals surface area (Å²) in [5.41, 5.74) is 4.70. The Hall–Kier alpha value is -1.25. The van der Waals surface area contributed by atoms with Crippen molar-refractivity contribution in [2.75, 3.05) is 0 Å². The third-order valence-corrected chi connectivity index (χ3v) is 3.27. The van der Waals surface area contributed by atoms with Crippen LogP contribution in [0.2, 0.25) is 0 Å². The maximum absolute atomic E-state index is 4.48. The van der Waals surface area contributed by atoms with Gasteiger partial charge in [0.15, 0.2) is 0 Å². The average molecular weight is 393 g/mol. The Bertz CT molecular complexity index is 688. The Morgan fingerprint density at radius 1 is 1.05 bits per heavy atom. The predicted molar refractivity (Wildman–Crippen MR) is 86.2 cm³/mol. The van der Waals surface area contributed by atoms with E-state index >= 15 is 0 Å². The minimum atomic E-state index is 0.929. The third kappa shape index (κ3) is 3.50. The van der Waals surface area contributed by atoms with Crippen LogP contribution in [0.3, 0.4) is 0 Å². The number of halogens is 1. The molecule has 1 heterocycles. The average Bonchev–Trinajstić information content (AvgIpc) is 2.99. The van der Waals surface area contributed by atoms with Crippen molar-refractivity contribution in [1.82, 2.24) is 9.55 Å². The normalized spacial score (nSPS) is 9.95. The SMILES string of the molecule is Cc1cccc(C)c1-n1ccnc1-c1[c-]cccc1.[Zn+][Br]. The van der Waals surface area contributed by atoms with Crippen molar-refractivity contribution in [3.63, 3.8) is 0 Å². The Balaban J connectivity index is 0.000000774. The zero-order valence-corrected chi connectivity index (χ0v) is 16.7. The third-order valence-electron chi connectivity index (χ3n) is 3.27. The number of hydrogen-bond acceptors (Lipinski definition) is 1. The Morgan fingerprint density at radius 2 is 1.76 bits per heavy atom. The number of para-hydroxylation sites is 1. The molecule has 0 N–H and O–H groups in total. The molecule has 0 aliphatic heterocycles. The minimum absolute atomic E-state index is 0.929. The Labute approximate surface area is 142 Å². The summed E-state index contributed by atoms with van der Waals surface area (Å²) in [6, 6.07) is 17.5. The van der Waals surface area contributed by atoms with Crippen LogP contribution in [0.4, 0.5) is 0 Å². The Kier molecular flexibility index (Phi) is 5.89. The van der Waals surface area contributed by atoms with E-state index in [1.807, 2.05) is 36.7 Å². The van der Waals surface area contributed by atoms with E-state index in [1.54, 1.807) is 0 Å². The maximum atomic E-state index is 4.48. The summed E-state index contributed by atoms with van der Waals surface area (Å²) in [6.45, 7) is 4.25. The number of nitrogens with zero attached hydrogens (tertiary/aromatic N) is 2. The summed E-state index contributed by atoms with van der Waals surface area (Å²) in [4.78, 5) is 4.48. The van der Waals surface area contributed by atoms with Crippen LogP contribution in [0.15, 0.2) is 54.9 Å². The molecule has 0 unspecified atom stereocenters. The monoisotopic (exact) mass is 390 g/mol. The predicted octanol–water partition coefficient (Wildman–Crippen LogP) is 4.80. The number of aromatic nitrogens is 2. The molecule has 102 valence electrons. The molecule has 0 amide bonds. The van der Waals surface area contributed by atoms with E-state index in [2.05, 4.69) is 61.3 Å². The van der Waals surface area contributed by atoms with Crippen molar-refractivity contribution in [3.8, 4) is 17.1 Å². The van der Waals surface area contributed by atoms with E-state index in [1.165, 1.54) is 33.2 Å². The van der Waals surface area contributed by atoms with Gasteiger partial charge in [-0.3, -0.25) is 4.98 Å². The molecule has 4 heteroatoms. The molecular weight excluding hydrogens is 377 g/mol. The molecule has 0 radical (unpaired) electrons. The molecule has 0 atom stereocenters. The van der Waals surface area contributed by atoms with Crippen LogP contribution in [0.5, 0.6) is 0 Å². The van der Waals surface area contributed by atoms with Crippen molar-refractivity contribution in [2.24, 2.45) is 0 Å². The molecule has 3 aromatic rings. The molecule has 2 aromatic carbocycles. The molecule has 21 heavy (non-hydrogen) atoms. The van der Waals surface area contributed by atoms with Crippen LogP contribution in [-0.4, -0.2) is 9.55 Å². The number of hydrogen-bond donors (Lipinski definition) is 0. The van der Waals surface area contributed by atoms with Gasteiger partial charge in [0.1, 0.15) is 0 Å². The van der Waals surface area contributed by atoms with Gasteiger partial charge in [-0.1, -0.05) is 18.2 Å². The van der Waals surface area contributed by atoms with Gasteiger partial charge >= 0.3 is 30.0 Å². The summed E-state index contributed by atoms with van der Waals surface area (Å²) in [5.74, 6) is 0.929. The first kappa shape index (κ1) is 16.1. The zero-order chi connectivity index (χ0) is 15.2. The van der Waals surface area contributed by atoms with Gasteiger partial charge in [-0.2, -0.15) is 0 Å². The van der Waals surface area contributed by atoms with Gasteiger partial charge in [0, 0.05) is 18.1 Å². The number of aryl methyl sites for hydroxylation is 2. The van der Waals surface area contributed by atoms with Crippen LogP contribution in [0.1, 0.15) is 11.1 Å². The van der Waals surface area contributed by atoms with E-state index < -0.39 is 0 Å². The molecule has 3 rings (SSSR count). The second kappa shape index (κ2) is 7.67. The molecule has 0 saturated heterocycles. The van der Waals surface area contributed by atoms with Gasteiger partial charge < -0.3 is 4.57 Å². The second-order valence-corrected chi connectivity index (χ2v) is 4.64. The summed E-state index contributed by atoms with van der Waals surface area (Å²) < 4.78 is 2.14. The van der Waals surface area contributed by atoms with Crippen molar-refractivity contribution < 1.29 is 16.3 Å². The van der Waals surface area contributed by atoms with Crippen molar-refractivity contribution in [3.05, 3.63) is 72.1 Å². The van der Waals surface area contributed by atoms with E-state index in [9.17, 15) is 0 Å². The van der Waals surface area contributed by atoms with Crippen LogP contribution in [0, 0.1) is 19.9 Å². The van der Waals surface area contributed by atoms with Crippen LogP contribution >= 0.6 is 13.6 Å². The zero-order valence-electron chi connectivity index (χ0n) is 12.2. The number of rotatable bonds is 2. The van der Waals surface area contributed by atoms with Gasteiger partial charge in [-0.25, -0.2) is 0 Å². The first-order valence-electron chi connectivity index (χ1n) is 6.61. The first-order chi connectivity index (χ1) is 10.3. The van der Waals surface area contributed by atoms with Gasteiger partial charge in [-0.15, -0.1) is 35.9 Å². The fraction of sp³-hybridized carbons (Fsp3) is 0.118. The fourth-order valence-electron chi connectivity index (χ4n) is 2.40. The molecule has 0 aliphatic carbocycles. The van der Waals surface area contributed by atoms with Crippen LogP contribution in [0.25, 0.3) is 17.1 Å². The summed E-state index contributed by atoms with van der Waals surface area (Å²) >= 11 is 4.25. The molecule has 0 aliphatic rings. The molecule has 0 bridgehead atoms. The van der Waals surface area contributed by atoms with Gasteiger partial charge in [0.2, 0.25) is 0 Å². The number of benzene rings is 2. The fourth-order valence-corrected chi connectivity index (χ4v) is 2.40. The van der Waals surface area contributed by atoms with E-state index in [4.69, 9.17) is 0 Å². The summed E-state index contributed by atoms with van der Waals surface area (Å²) in [7, 11) is 0. The van der Waals surface area contributed by atoms with E-state index in [0.29, 0.717) is 0 Å². The molecule has 0 saturated carbocycles. The van der Waals surface area contributed by atoms with Crippen LogP contribution in [-0.2, 0) is 16.3 Å². The molecular formula is C17H15BrN2Zn. The topological polar surface area (TPSA) is 17.8 Å². The quantitative estimate of drug-likeness (QED) is 0.452. The Morgan fingerprint density at radius 3 is 2.38 bits per heavy atom. The van der Waals surface area contributed by atoms with E-state index in [0.717, 1.165) is 11.4 Å².